The highest BCUT2D eigenvalue weighted by Gasteiger charge is 2.58. The van der Waals surface area contributed by atoms with Gasteiger partial charge in [0.05, 0.1) is 0 Å². The highest BCUT2D eigenvalue weighted by molar-refractivity contribution is 5.18. The molecule has 1 aliphatic heterocycles. The summed E-state index contributed by atoms with van der Waals surface area (Å²) >= 11 is 0. The van der Waals surface area contributed by atoms with Gasteiger partial charge in [-0.15, -0.1) is 0 Å². The molecule has 2 aliphatic rings. The fourth-order valence-electron chi connectivity index (χ4n) is 3.41. The molecule has 1 aliphatic carbocycles. The van der Waals surface area contributed by atoms with Gasteiger partial charge in [-0.3, -0.25) is 4.90 Å². The molecule has 3 rings (SSSR count). The Bertz CT molecular complexity index is 362. The standard InChI is InChI=1S/C14H20N2/c1-10-13-12(14(13)15-2)9-16(10)8-11-6-4-3-5-7-11/h3-7,10,12-15H,8-9H2,1-2H3. The number of likely N-dealkylation sites (tertiary alicyclic amines) is 1. The Kier molecular flexibility index (Phi) is 2.49. The van der Waals surface area contributed by atoms with Gasteiger partial charge < -0.3 is 5.32 Å². The summed E-state index contributed by atoms with van der Waals surface area (Å²) in [6.45, 7) is 4.77. The number of hydrogen-bond acceptors (Lipinski definition) is 2. The minimum atomic E-state index is 0.739. The fraction of sp³-hybridized carbons (Fsp3) is 0.571. The number of hydrogen-bond donors (Lipinski definition) is 1. The summed E-state index contributed by atoms with van der Waals surface area (Å²) < 4.78 is 0. The first kappa shape index (κ1) is 10.3. The molecule has 1 saturated carbocycles. The smallest absolute Gasteiger partial charge is 0.0236 e. The minimum Gasteiger partial charge on any atom is -0.316 e. The van der Waals surface area contributed by atoms with E-state index in [1.807, 2.05) is 0 Å². The highest BCUT2D eigenvalue weighted by atomic mass is 15.2. The van der Waals surface area contributed by atoms with Crippen LogP contribution in [0.5, 0.6) is 0 Å². The van der Waals surface area contributed by atoms with Crippen LogP contribution in [0.1, 0.15) is 12.5 Å². The second-order valence-electron chi connectivity index (χ2n) is 5.21. The van der Waals surface area contributed by atoms with Gasteiger partial charge in [0.15, 0.2) is 0 Å². The Hall–Kier alpha value is -0.860. The van der Waals surface area contributed by atoms with Gasteiger partial charge in [0, 0.05) is 25.2 Å². The lowest BCUT2D eigenvalue weighted by Crippen LogP contribution is -2.35. The van der Waals surface area contributed by atoms with E-state index in [1.54, 1.807) is 0 Å². The number of piperidine rings is 1. The Balaban J connectivity index is 1.63. The molecule has 0 amide bonds. The van der Waals surface area contributed by atoms with Crippen LogP contribution in [0.4, 0.5) is 0 Å². The van der Waals surface area contributed by atoms with Crippen molar-refractivity contribution in [1.29, 1.82) is 0 Å². The molecule has 0 radical (unpaired) electrons. The van der Waals surface area contributed by atoms with Gasteiger partial charge in [0.25, 0.3) is 0 Å². The third-order valence-electron chi connectivity index (χ3n) is 4.37. The van der Waals surface area contributed by atoms with E-state index in [0.29, 0.717) is 0 Å². The van der Waals surface area contributed by atoms with Crippen molar-refractivity contribution < 1.29 is 0 Å². The summed E-state index contributed by atoms with van der Waals surface area (Å²) in [6, 6.07) is 12.3. The monoisotopic (exact) mass is 216 g/mol. The highest BCUT2D eigenvalue weighted by Crippen LogP contribution is 2.49. The molecule has 1 saturated heterocycles. The largest absolute Gasteiger partial charge is 0.316 e. The molecule has 1 aromatic rings. The van der Waals surface area contributed by atoms with E-state index in [1.165, 1.54) is 12.1 Å². The molecule has 86 valence electrons. The maximum Gasteiger partial charge on any atom is 0.0236 e. The predicted molar refractivity (Wildman–Crippen MR) is 66.1 cm³/mol. The van der Waals surface area contributed by atoms with Crippen LogP contribution in [0.3, 0.4) is 0 Å². The predicted octanol–water partition coefficient (Wildman–Crippen LogP) is 1.72. The van der Waals surface area contributed by atoms with Crippen LogP contribution in [0.2, 0.25) is 0 Å². The lowest BCUT2D eigenvalue weighted by Gasteiger charge is -2.25. The maximum absolute atomic E-state index is 3.43. The van der Waals surface area contributed by atoms with E-state index < -0.39 is 0 Å². The van der Waals surface area contributed by atoms with Crippen LogP contribution in [-0.4, -0.2) is 30.6 Å². The molecule has 16 heavy (non-hydrogen) atoms. The quantitative estimate of drug-likeness (QED) is 0.827. The molecule has 1 N–H and O–H groups in total. The molecule has 4 unspecified atom stereocenters. The van der Waals surface area contributed by atoms with Crippen LogP contribution < -0.4 is 5.32 Å². The first-order valence-electron chi connectivity index (χ1n) is 6.26. The van der Waals surface area contributed by atoms with E-state index >= 15 is 0 Å². The van der Waals surface area contributed by atoms with Crippen LogP contribution in [-0.2, 0) is 6.54 Å². The minimum absolute atomic E-state index is 0.739. The van der Waals surface area contributed by atoms with Gasteiger partial charge in [-0.2, -0.15) is 0 Å². The molecular formula is C14H20N2. The molecule has 2 nitrogen and oxygen atoms in total. The van der Waals surface area contributed by atoms with Gasteiger partial charge in [-0.25, -0.2) is 0 Å². The van der Waals surface area contributed by atoms with Crippen molar-refractivity contribution in [2.45, 2.75) is 25.6 Å². The number of rotatable bonds is 3. The zero-order chi connectivity index (χ0) is 11.1. The van der Waals surface area contributed by atoms with Crippen LogP contribution in [0.15, 0.2) is 30.3 Å². The second kappa shape index (κ2) is 3.86. The molecule has 4 atom stereocenters. The number of nitrogens with zero attached hydrogens (tertiary/aromatic N) is 1. The van der Waals surface area contributed by atoms with Crippen LogP contribution in [0.25, 0.3) is 0 Å². The molecule has 2 fully saturated rings. The van der Waals surface area contributed by atoms with E-state index in [9.17, 15) is 0 Å². The van der Waals surface area contributed by atoms with Gasteiger partial charge in [0.1, 0.15) is 0 Å². The molecular weight excluding hydrogens is 196 g/mol. The molecule has 1 heterocycles. The van der Waals surface area contributed by atoms with Gasteiger partial charge in [-0.1, -0.05) is 30.3 Å². The number of benzene rings is 1. The Morgan fingerprint density at radius 1 is 1.31 bits per heavy atom. The molecule has 0 aromatic heterocycles. The van der Waals surface area contributed by atoms with Crippen molar-refractivity contribution in [2.75, 3.05) is 13.6 Å². The molecule has 1 aromatic carbocycles. The average Bonchev–Trinajstić information content (AvgIpc) is 2.92. The van der Waals surface area contributed by atoms with Crippen molar-refractivity contribution >= 4 is 0 Å². The zero-order valence-electron chi connectivity index (χ0n) is 10.1. The van der Waals surface area contributed by atoms with E-state index in [4.69, 9.17) is 0 Å². The topological polar surface area (TPSA) is 15.3 Å². The fourth-order valence-corrected chi connectivity index (χ4v) is 3.41. The second-order valence-corrected chi connectivity index (χ2v) is 5.21. The first-order valence-corrected chi connectivity index (χ1v) is 6.26. The number of fused-ring (bicyclic) bond motifs is 1. The SMILES string of the molecule is CNC1C2CN(Cc3ccccc3)C(C)C21. The van der Waals surface area contributed by atoms with Crippen molar-refractivity contribution in [3.8, 4) is 0 Å². The molecule has 0 spiro atoms. The van der Waals surface area contributed by atoms with Gasteiger partial charge in [-0.05, 0) is 31.4 Å². The van der Waals surface area contributed by atoms with E-state index in [0.717, 1.165) is 30.5 Å². The van der Waals surface area contributed by atoms with E-state index in [2.05, 4.69) is 54.5 Å². The van der Waals surface area contributed by atoms with Crippen molar-refractivity contribution in [2.24, 2.45) is 11.8 Å². The first-order chi connectivity index (χ1) is 7.81. The summed E-state index contributed by atoms with van der Waals surface area (Å²) in [5.41, 5.74) is 1.44. The summed E-state index contributed by atoms with van der Waals surface area (Å²) in [5.74, 6) is 1.80. The van der Waals surface area contributed by atoms with Crippen molar-refractivity contribution in [3.63, 3.8) is 0 Å². The normalized spacial score (nSPS) is 37.4. The number of nitrogens with one attached hydrogen (secondary N) is 1. The maximum atomic E-state index is 3.43. The Morgan fingerprint density at radius 3 is 2.62 bits per heavy atom. The summed E-state index contributed by atoms with van der Waals surface area (Å²) in [6.07, 6.45) is 0. The van der Waals surface area contributed by atoms with Crippen LogP contribution >= 0.6 is 0 Å². The Morgan fingerprint density at radius 2 is 2.06 bits per heavy atom. The van der Waals surface area contributed by atoms with E-state index in [-0.39, 0.29) is 0 Å². The lowest BCUT2D eigenvalue weighted by molar-refractivity contribution is 0.215. The average molecular weight is 216 g/mol. The lowest BCUT2D eigenvalue weighted by atomic mass is 10.1. The summed E-state index contributed by atoms with van der Waals surface area (Å²) in [5, 5.41) is 3.43. The van der Waals surface area contributed by atoms with Crippen LogP contribution in [0, 0.1) is 11.8 Å². The third-order valence-corrected chi connectivity index (χ3v) is 4.37. The third kappa shape index (κ3) is 1.57. The summed E-state index contributed by atoms with van der Waals surface area (Å²) in [7, 11) is 2.09. The molecule has 0 bridgehead atoms. The summed E-state index contributed by atoms with van der Waals surface area (Å²) in [4.78, 5) is 2.62. The van der Waals surface area contributed by atoms with Gasteiger partial charge >= 0.3 is 0 Å². The Labute approximate surface area is 97.6 Å². The van der Waals surface area contributed by atoms with Gasteiger partial charge in [0.2, 0.25) is 0 Å². The van der Waals surface area contributed by atoms with Crippen molar-refractivity contribution in [3.05, 3.63) is 35.9 Å². The molecule has 2 heteroatoms. The zero-order valence-corrected chi connectivity index (χ0v) is 10.1. The van der Waals surface area contributed by atoms with Crippen molar-refractivity contribution in [1.82, 2.24) is 10.2 Å².